The number of alkyl halides is 3. The average molecular weight is 339 g/mol. The molecule has 0 N–H and O–H groups in total. The zero-order valence-electron chi connectivity index (χ0n) is 14.3. The average Bonchev–Trinajstić information content (AvgIpc) is 2.43. The van der Waals surface area contributed by atoms with Crippen LogP contribution in [0, 0.1) is 5.92 Å². The van der Waals surface area contributed by atoms with Crippen molar-refractivity contribution in [2.24, 2.45) is 5.92 Å². The molecule has 8 heteroatoms. The Bertz CT molecular complexity index is 458. The zero-order chi connectivity index (χ0) is 18.4. The van der Waals surface area contributed by atoms with Crippen LogP contribution in [0.5, 0.6) is 0 Å². The molecular formula is C15H24F3NO4. The first-order valence-corrected chi connectivity index (χ1v) is 7.26. The highest BCUT2D eigenvalue weighted by atomic mass is 19.4. The lowest BCUT2D eigenvalue weighted by atomic mass is 10.0. The Labute approximate surface area is 134 Å². The van der Waals surface area contributed by atoms with Crippen molar-refractivity contribution in [2.45, 2.75) is 53.3 Å². The van der Waals surface area contributed by atoms with Crippen LogP contribution >= 0.6 is 0 Å². The van der Waals surface area contributed by atoms with Gasteiger partial charge in [-0.3, -0.25) is 9.63 Å². The van der Waals surface area contributed by atoms with E-state index in [1.807, 2.05) is 13.8 Å². The van der Waals surface area contributed by atoms with Crippen LogP contribution in [0.15, 0.2) is 11.1 Å². The minimum Gasteiger partial charge on any atom is -0.464 e. The molecule has 0 aromatic rings. The minimum absolute atomic E-state index is 0.00264. The van der Waals surface area contributed by atoms with Crippen molar-refractivity contribution in [3.05, 3.63) is 11.1 Å². The second-order valence-corrected chi connectivity index (χ2v) is 5.46. The molecule has 0 aliphatic heterocycles. The fourth-order valence-electron chi connectivity index (χ4n) is 1.86. The molecule has 23 heavy (non-hydrogen) atoms. The summed E-state index contributed by atoms with van der Waals surface area (Å²) in [6, 6.07) is -1.11. The summed E-state index contributed by atoms with van der Waals surface area (Å²) < 4.78 is 43.2. The molecule has 0 aliphatic rings. The Hall–Kier alpha value is -1.57. The normalized spacial score (nSPS) is 14.3. The van der Waals surface area contributed by atoms with E-state index < -0.39 is 35.2 Å². The molecule has 0 fully saturated rings. The van der Waals surface area contributed by atoms with Gasteiger partial charge in [0.25, 0.3) is 5.91 Å². The van der Waals surface area contributed by atoms with Gasteiger partial charge in [0.1, 0.15) is 0 Å². The molecule has 0 radical (unpaired) electrons. The number of nitrogens with zero attached hydrogens (tertiary/aromatic N) is 1. The van der Waals surface area contributed by atoms with E-state index >= 15 is 0 Å². The third-order valence-corrected chi connectivity index (χ3v) is 3.24. The van der Waals surface area contributed by atoms with Crippen molar-refractivity contribution >= 4 is 11.9 Å². The van der Waals surface area contributed by atoms with Gasteiger partial charge >= 0.3 is 12.1 Å². The second kappa shape index (κ2) is 8.90. The first-order valence-electron chi connectivity index (χ1n) is 7.26. The molecule has 0 aromatic heterocycles. The number of hydrogen-bond donors (Lipinski definition) is 0. The van der Waals surface area contributed by atoms with Crippen molar-refractivity contribution in [1.82, 2.24) is 5.06 Å². The quantitative estimate of drug-likeness (QED) is 0.406. The number of esters is 1. The van der Waals surface area contributed by atoms with Crippen LogP contribution in [-0.4, -0.2) is 42.9 Å². The highest BCUT2D eigenvalue weighted by Crippen LogP contribution is 2.29. The summed E-state index contributed by atoms with van der Waals surface area (Å²) in [7, 11) is 1.13. The molecule has 0 saturated heterocycles. The predicted octanol–water partition coefficient (Wildman–Crippen LogP) is 3.25. The molecule has 0 spiro atoms. The molecule has 0 saturated carbocycles. The van der Waals surface area contributed by atoms with Crippen LogP contribution in [0.25, 0.3) is 0 Å². The van der Waals surface area contributed by atoms with E-state index in [-0.39, 0.29) is 18.9 Å². The van der Waals surface area contributed by atoms with Gasteiger partial charge in [0.2, 0.25) is 0 Å². The number of amides is 1. The van der Waals surface area contributed by atoms with Gasteiger partial charge in [-0.05, 0) is 33.1 Å². The highest BCUT2D eigenvalue weighted by molar-refractivity contribution is 5.95. The predicted molar refractivity (Wildman–Crippen MR) is 78.2 cm³/mol. The van der Waals surface area contributed by atoms with Crippen LogP contribution in [0.4, 0.5) is 13.2 Å². The summed E-state index contributed by atoms with van der Waals surface area (Å²) in [5.41, 5.74) is -1.56. The summed E-state index contributed by atoms with van der Waals surface area (Å²) in [6.45, 7) is 7.18. The maximum Gasteiger partial charge on any atom is 0.412 e. The number of rotatable bonds is 7. The first kappa shape index (κ1) is 21.4. The molecule has 134 valence electrons. The lowest BCUT2D eigenvalue weighted by Gasteiger charge is -2.29. The molecule has 1 amide bonds. The molecule has 0 aromatic carbocycles. The molecule has 0 heterocycles. The molecule has 0 bridgehead atoms. The Morgan fingerprint density at radius 2 is 1.70 bits per heavy atom. The fourth-order valence-corrected chi connectivity index (χ4v) is 1.86. The van der Waals surface area contributed by atoms with Crippen LogP contribution in [0.3, 0.4) is 0 Å². The van der Waals surface area contributed by atoms with Gasteiger partial charge in [0.05, 0.1) is 13.7 Å². The molecular weight excluding hydrogens is 315 g/mol. The lowest BCUT2D eigenvalue weighted by molar-refractivity contribution is -0.197. The van der Waals surface area contributed by atoms with Crippen molar-refractivity contribution < 1.29 is 32.3 Å². The molecule has 0 rings (SSSR count). The lowest BCUT2D eigenvalue weighted by Crippen LogP contribution is -2.46. The summed E-state index contributed by atoms with van der Waals surface area (Å²) in [5.74, 6) is -1.72. The fraction of sp³-hybridized carbons (Fsp3) is 0.733. The van der Waals surface area contributed by atoms with E-state index in [0.29, 0.717) is 5.06 Å². The number of carbonyl (C=O) groups excluding carboxylic acids is 2. The summed E-state index contributed by atoms with van der Waals surface area (Å²) in [6.07, 6.45) is -4.42. The van der Waals surface area contributed by atoms with Crippen molar-refractivity contribution in [2.75, 3.05) is 13.7 Å². The Morgan fingerprint density at radius 3 is 2.04 bits per heavy atom. The van der Waals surface area contributed by atoms with Crippen LogP contribution < -0.4 is 0 Å². The highest BCUT2D eigenvalue weighted by Gasteiger charge is 2.38. The monoisotopic (exact) mass is 339 g/mol. The maximum atomic E-state index is 12.8. The van der Waals surface area contributed by atoms with Gasteiger partial charge in [-0.1, -0.05) is 13.8 Å². The van der Waals surface area contributed by atoms with Gasteiger partial charge in [-0.25, -0.2) is 9.86 Å². The van der Waals surface area contributed by atoms with Gasteiger partial charge < -0.3 is 4.74 Å². The van der Waals surface area contributed by atoms with Gasteiger partial charge in [-0.15, -0.1) is 0 Å². The Kier molecular flexibility index (Phi) is 8.30. The Balaban J connectivity index is 5.64. The summed E-state index contributed by atoms with van der Waals surface area (Å²) >= 11 is 0. The van der Waals surface area contributed by atoms with E-state index in [0.717, 1.165) is 21.0 Å². The second-order valence-electron chi connectivity index (χ2n) is 5.46. The van der Waals surface area contributed by atoms with Crippen LogP contribution in [-0.2, 0) is 19.2 Å². The van der Waals surface area contributed by atoms with E-state index in [4.69, 9.17) is 9.57 Å². The number of allylic oxidation sites excluding steroid dienone is 1. The van der Waals surface area contributed by atoms with E-state index in [9.17, 15) is 22.8 Å². The van der Waals surface area contributed by atoms with E-state index in [2.05, 4.69) is 0 Å². The van der Waals surface area contributed by atoms with E-state index in [1.54, 1.807) is 6.92 Å². The molecule has 1 unspecified atom stereocenters. The molecule has 1 atom stereocenters. The Morgan fingerprint density at radius 1 is 1.17 bits per heavy atom. The third-order valence-electron chi connectivity index (χ3n) is 3.24. The topological polar surface area (TPSA) is 55.8 Å². The zero-order valence-corrected chi connectivity index (χ0v) is 14.3. The third kappa shape index (κ3) is 6.21. The minimum atomic E-state index is -4.63. The van der Waals surface area contributed by atoms with Crippen LogP contribution in [0.1, 0.15) is 41.0 Å². The maximum absolute atomic E-state index is 12.8. The van der Waals surface area contributed by atoms with Gasteiger partial charge in [0.15, 0.2) is 6.04 Å². The number of halogens is 3. The largest absolute Gasteiger partial charge is 0.464 e. The van der Waals surface area contributed by atoms with Gasteiger partial charge in [0, 0.05) is 11.1 Å². The van der Waals surface area contributed by atoms with E-state index in [1.165, 1.54) is 0 Å². The summed E-state index contributed by atoms with van der Waals surface area (Å²) in [4.78, 5) is 29.3. The molecule has 5 nitrogen and oxygen atoms in total. The van der Waals surface area contributed by atoms with Gasteiger partial charge in [-0.2, -0.15) is 13.2 Å². The molecule has 0 aliphatic carbocycles. The van der Waals surface area contributed by atoms with Crippen molar-refractivity contribution in [3.63, 3.8) is 0 Å². The standard InChI is InChI=1S/C15H24F3NO4/c1-7-23-14(21)12(8-9(2)3)19(22-6)13(20)10(4)11(5)15(16,17)18/h9,12H,7-8H2,1-6H3/b11-10+. The first-order chi connectivity index (χ1) is 10.5. The summed E-state index contributed by atoms with van der Waals surface area (Å²) in [5, 5.41) is 0.655. The SMILES string of the molecule is CCOC(=O)C(CC(C)C)N(OC)C(=O)/C(C)=C(\C)C(F)(F)F. The number of ether oxygens (including phenoxy) is 1. The van der Waals surface area contributed by atoms with Crippen molar-refractivity contribution in [1.29, 1.82) is 0 Å². The number of hydrogen-bond acceptors (Lipinski definition) is 4. The van der Waals surface area contributed by atoms with Crippen molar-refractivity contribution in [3.8, 4) is 0 Å². The smallest absolute Gasteiger partial charge is 0.412 e. The number of carbonyl (C=O) groups is 2. The van der Waals surface area contributed by atoms with Crippen LogP contribution in [0.2, 0.25) is 0 Å². The number of hydroxylamine groups is 2.